The Morgan fingerprint density at radius 3 is 2.30 bits per heavy atom. The molecule has 0 bridgehead atoms. The number of hydrogen-bond donors (Lipinski definition) is 1. The van der Waals surface area contributed by atoms with E-state index in [0.717, 1.165) is 30.9 Å². The molecule has 2 heteroatoms. The number of hydrogen-bond acceptors (Lipinski definition) is 2. The molecule has 0 aliphatic heterocycles. The molecule has 20 heavy (non-hydrogen) atoms. The van der Waals surface area contributed by atoms with E-state index in [1.165, 1.54) is 11.1 Å². The van der Waals surface area contributed by atoms with Gasteiger partial charge >= 0.3 is 0 Å². The molecule has 0 saturated carbocycles. The third kappa shape index (κ3) is 4.78. The van der Waals surface area contributed by atoms with Gasteiger partial charge in [0.1, 0.15) is 0 Å². The van der Waals surface area contributed by atoms with Crippen LogP contribution < -0.4 is 5.32 Å². The molecule has 2 nitrogen and oxygen atoms in total. The third-order valence-corrected chi connectivity index (χ3v) is 3.25. The van der Waals surface area contributed by atoms with E-state index in [9.17, 15) is 0 Å². The van der Waals surface area contributed by atoms with Gasteiger partial charge in [-0.1, -0.05) is 44.2 Å². The van der Waals surface area contributed by atoms with Crippen molar-refractivity contribution in [3.8, 4) is 0 Å². The Morgan fingerprint density at radius 2 is 1.65 bits per heavy atom. The molecule has 0 spiro atoms. The van der Waals surface area contributed by atoms with Crippen molar-refractivity contribution in [3.05, 3.63) is 65.0 Å². The lowest BCUT2D eigenvalue weighted by Crippen LogP contribution is -2.13. The SMILES string of the molecule is Cc1cccc(CNCc2ccc(CC(C)C)cc2)n1. The number of aryl methyl sites for hydroxylation is 1. The summed E-state index contributed by atoms with van der Waals surface area (Å²) in [5.74, 6) is 0.714. The number of aromatic nitrogens is 1. The third-order valence-electron chi connectivity index (χ3n) is 3.25. The lowest BCUT2D eigenvalue weighted by Gasteiger charge is -2.08. The van der Waals surface area contributed by atoms with Gasteiger partial charge in [-0.05, 0) is 42.5 Å². The molecule has 2 aromatic rings. The van der Waals surface area contributed by atoms with E-state index in [-0.39, 0.29) is 0 Å². The number of nitrogens with zero attached hydrogens (tertiary/aromatic N) is 1. The highest BCUT2D eigenvalue weighted by atomic mass is 14.9. The molecule has 1 N–H and O–H groups in total. The molecule has 0 aliphatic carbocycles. The van der Waals surface area contributed by atoms with Crippen LogP contribution in [0.15, 0.2) is 42.5 Å². The van der Waals surface area contributed by atoms with Crippen molar-refractivity contribution in [2.24, 2.45) is 5.92 Å². The van der Waals surface area contributed by atoms with Crippen LogP contribution in [0, 0.1) is 12.8 Å². The summed E-state index contributed by atoms with van der Waals surface area (Å²) in [6, 6.07) is 15.1. The Balaban J connectivity index is 1.82. The van der Waals surface area contributed by atoms with Crippen molar-refractivity contribution in [3.63, 3.8) is 0 Å². The summed E-state index contributed by atoms with van der Waals surface area (Å²) in [7, 11) is 0. The van der Waals surface area contributed by atoms with Crippen molar-refractivity contribution in [2.45, 2.75) is 40.3 Å². The fourth-order valence-electron chi connectivity index (χ4n) is 2.30. The summed E-state index contributed by atoms with van der Waals surface area (Å²) >= 11 is 0. The number of benzene rings is 1. The Kier molecular flexibility index (Phi) is 5.31. The van der Waals surface area contributed by atoms with Crippen molar-refractivity contribution in [1.29, 1.82) is 0 Å². The van der Waals surface area contributed by atoms with E-state index >= 15 is 0 Å². The molecular weight excluding hydrogens is 244 g/mol. The highest BCUT2D eigenvalue weighted by Crippen LogP contribution is 2.10. The minimum atomic E-state index is 0.714. The average molecular weight is 268 g/mol. The van der Waals surface area contributed by atoms with E-state index in [4.69, 9.17) is 0 Å². The number of pyridine rings is 1. The molecule has 0 saturated heterocycles. The minimum absolute atomic E-state index is 0.714. The molecule has 1 aromatic carbocycles. The van der Waals surface area contributed by atoms with Crippen LogP contribution in [0.25, 0.3) is 0 Å². The van der Waals surface area contributed by atoms with E-state index in [1.807, 2.05) is 13.0 Å². The molecular formula is C18H24N2. The molecule has 2 rings (SSSR count). The highest BCUT2D eigenvalue weighted by Gasteiger charge is 1.99. The van der Waals surface area contributed by atoms with E-state index in [2.05, 4.69) is 60.5 Å². The Labute approximate surface area is 122 Å². The van der Waals surface area contributed by atoms with Crippen LogP contribution in [0.3, 0.4) is 0 Å². The summed E-state index contributed by atoms with van der Waals surface area (Å²) < 4.78 is 0. The first-order valence-corrected chi connectivity index (χ1v) is 7.34. The van der Waals surface area contributed by atoms with E-state index in [0.29, 0.717) is 5.92 Å². The normalized spacial score (nSPS) is 11.0. The zero-order valence-electron chi connectivity index (χ0n) is 12.7. The van der Waals surface area contributed by atoms with E-state index in [1.54, 1.807) is 0 Å². The van der Waals surface area contributed by atoms with Crippen LogP contribution >= 0.6 is 0 Å². The first-order valence-electron chi connectivity index (χ1n) is 7.34. The molecule has 0 unspecified atom stereocenters. The number of nitrogens with one attached hydrogen (secondary N) is 1. The smallest absolute Gasteiger partial charge is 0.0544 e. The van der Waals surface area contributed by atoms with Crippen LogP contribution in [0.4, 0.5) is 0 Å². The summed E-state index contributed by atoms with van der Waals surface area (Å²) in [5, 5.41) is 3.44. The lowest BCUT2D eigenvalue weighted by atomic mass is 10.0. The molecule has 0 radical (unpaired) electrons. The summed E-state index contributed by atoms with van der Waals surface area (Å²) in [5.41, 5.74) is 4.91. The van der Waals surface area contributed by atoms with Gasteiger partial charge in [0.05, 0.1) is 5.69 Å². The van der Waals surface area contributed by atoms with Gasteiger partial charge in [0.25, 0.3) is 0 Å². The zero-order chi connectivity index (χ0) is 14.4. The molecule has 0 amide bonds. The topological polar surface area (TPSA) is 24.9 Å². The second kappa shape index (κ2) is 7.20. The molecule has 1 aromatic heterocycles. The molecule has 0 aliphatic rings. The monoisotopic (exact) mass is 268 g/mol. The largest absolute Gasteiger partial charge is 0.307 e. The maximum atomic E-state index is 4.49. The van der Waals surface area contributed by atoms with Gasteiger partial charge in [-0.25, -0.2) is 0 Å². The predicted molar refractivity (Wildman–Crippen MR) is 84.5 cm³/mol. The second-order valence-corrected chi connectivity index (χ2v) is 5.79. The maximum absolute atomic E-state index is 4.49. The van der Waals surface area contributed by atoms with Gasteiger partial charge in [0, 0.05) is 18.8 Å². The zero-order valence-corrected chi connectivity index (χ0v) is 12.7. The Hall–Kier alpha value is -1.67. The minimum Gasteiger partial charge on any atom is -0.307 e. The van der Waals surface area contributed by atoms with Crippen LogP contribution in [0.2, 0.25) is 0 Å². The predicted octanol–water partition coefficient (Wildman–Crippen LogP) is 3.88. The molecule has 0 fully saturated rings. The van der Waals surface area contributed by atoms with Crippen LogP contribution in [0.5, 0.6) is 0 Å². The fraction of sp³-hybridized carbons (Fsp3) is 0.389. The molecule has 0 atom stereocenters. The molecule has 106 valence electrons. The quantitative estimate of drug-likeness (QED) is 0.860. The highest BCUT2D eigenvalue weighted by molar-refractivity contribution is 5.22. The number of rotatable bonds is 6. The van der Waals surface area contributed by atoms with E-state index < -0.39 is 0 Å². The Bertz CT molecular complexity index is 529. The average Bonchev–Trinajstić information content (AvgIpc) is 2.40. The van der Waals surface area contributed by atoms with Gasteiger partial charge in [0.2, 0.25) is 0 Å². The first-order chi connectivity index (χ1) is 9.63. The summed E-state index contributed by atoms with van der Waals surface area (Å²) in [6.45, 7) is 8.23. The van der Waals surface area contributed by atoms with Crippen molar-refractivity contribution >= 4 is 0 Å². The summed E-state index contributed by atoms with van der Waals surface area (Å²) in [4.78, 5) is 4.49. The lowest BCUT2D eigenvalue weighted by molar-refractivity contribution is 0.646. The van der Waals surface area contributed by atoms with Crippen molar-refractivity contribution in [1.82, 2.24) is 10.3 Å². The van der Waals surface area contributed by atoms with Crippen molar-refractivity contribution < 1.29 is 0 Å². The first kappa shape index (κ1) is 14.7. The van der Waals surface area contributed by atoms with Gasteiger partial charge in [0.15, 0.2) is 0 Å². The van der Waals surface area contributed by atoms with Gasteiger partial charge < -0.3 is 5.32 Å². The van der Waals surface area contributed by atoms with Crippen LogP contribution in [0.1, 0.15) is 36.4 Å². The van der Waals surface area contributed by atoms with Crippen LogP contribution in [-0.2, 0) is 19.5 Å². The van der Waals surface area contributed by atoms with Crippen molar-refractivity contribution in [2.75, 3.05) is 0 Å². The standard InChI is InChI=1S/C18H24N2/c1-14(2)11-16-7-9-17(10-8-16)12-19-13-18-6-4-5-15(3)20-18/h4-10,14,19H,11-13H2,1-3H3. The molecule has 1 heterocycles. The van der Waals surface area contributed by atoms with Gasteiger partial charge in [-0.3, -0.25) is 4.98 Å². The summed E-state index contributed by atoms with van der Waals surface area (Å²) in [6.07, 6.45) is 1.15. The Morgan fingerprint density at radius 1 is 0.950 bits per heavy atom. The van der Waals surface area contributed by atoms with Crippen LogP contribution in [-0.4, -0.2) is 4.98 Å². The van der Waals surface area contributed by atoms with Gasteiger partial charge in [-0.2, -0.15) is 0 Å². The second-order valence-electron chi connectivity index (χ2n) is 5.79. The van der Waals surface area contributed by atoms with Gasteiger partial charge in [-0.15, -0.1) is 0 Å². The maximum Gasteiger partial charge on any atom is 0.0544 e. The fourth-order valence-corrected chi connectivity index (χ4v) is 2.30.